The zero-order valence-corrected chi connectivity index (χ0v) is 8.42. The number of morpholine rings is 1. The van der Waals surface area contributed by atoms with Crippen molar-refractivity contribution in [2.45, 2.75) is 12.5 Å². The van der Waals surface area contributed by atoms with E-state index >= 15 is 0 Å². The van der Waals surface area contributed by atoms with E-state index in [-0.39, 0.29) is 12.7 Å². The summed E-state index contributed by atoms with van der Waals surface area (Å²) in [6, 6.07) is 0. The molecule has 0 radical (unpaired) electrons. The maximum absolute atomic E-state index is 8.66. The standard InChI is InChI=1S/C8H16N2O2S/c9-8(13)7-6-10(2-1-4-11)3-5-12-7/h7,11H,1-6H2,(H2,9,13). The van der Waals surface area contributed by atoms with Crippen LogP contribution in [-0.2, 0) is 4.74 Å². The van der Waals surface area contributed by atoms with Crippen molar-refractivity contribution < 1.29 is 9.84 Å². The Morgan fingerprint density at radius 3 is 3.08 bits per heavy atom. The normalized spacial score (nSPS) is 24.5. The third-order valence-corrected chi connectivity index (χ3v) is 2.36. The van der Waals surface area contributed by atoms with Crippen LogP contribution < -0.4 is 5.73 Å². The van der Waals surface area contributed by atoms with Crippen LogP contribution in [0.2, 0.25) is 0 Å². The molecule has 76 valence electrons. The van der Waals surface area contributed by atoms with Crippen molar-refractivity contribution in [2.75, 3.05) is 32.8 Å². The number of thiocarbonyl (C=S) groups is 1. The highest BCUT2D eigenvalue weighted by Gasteiger charge is 2.21. The Morgan fingerprint density at radius 1 is 1.69 bits per heavy atom. The molecule has 0 aliphatic carbocycles. The molecule has 4 nitrogen and oxygen atoms in total. The third kappa shape index (κ3) is 3.56. The molecule has 1 rings (SSSR count). The molecule has 1 heterocycles. The molecule has 13 heavy (non-hydrogen) atoms. The lowest BCUT2D eigenvalue weighted by Crippen LogP contribution is -2.48. The van der Waals surface area contributed by atoms with Crippen molar-refractivity contribution in [3.05, 3.63) is 0 Å². The minimum absolute atomic E-state index is 0.109. The van der Waals surface area contributed by atoms with Crippen LogP contribution in [0.5, 0.6) is 0 Å². The highest BCUT2D eigenvalue weighted by molar-refractivity contribution is 7.80. The Labute approximate surface area is 83.7 Å². The summed E-state index contributed by atoms with van der Waals surface area (Å²) in [5.74, 6) is 0. The van der Waals surface area contributed by atoms with Gasteiger partial charge in [0.1, 0.15) is 11.1 Å². The monoisotopic (exact) mass is 204 g/mol. The van der Waals surface area contributed by atoms with Crippen LogP contribution in [0.1, 0.15) is 6.42 Å². The van der Waals surface area contributed by atoms with Crippen LogP contribution in [0, 0.1) is 0 Å². The van der Waals surface area contributed by atoms with Gasteiger partial charge in [-0.1, -0.05) is 12.2 Å². The maximum Gasteiger partial charge on any atom is 0.120 e. The molecule has 0 aromatic rings. The summed E-state index contributed by atoms with van der Waals surface area (Å²) in [6.07, 6.45) is 0.687. The van der Waals surface area contributed by atoms with E-state index in [1.807, 2.05) is 0 Å². The molecule has 0 amide bonds. The van der Waals surface area contributed by atoms with E-state index in [1.54, 1.807) is 0 Å². The van der Waals surface area contributed by atoms with Crippen molar-refractivity contribution in [1.29, 1.82) is 0 Å². The van der Waals surface area contributed by atoms with E-state index in [1.165, 1.54) is 0 Å². The van der Waals surface area contributed by atoms with Crippen molar-refractivity contribution >= 4 is 17.2 Å². The Kier molecular flexibility index (Phi) is 4.58. The number of hydrogen-bond acceptors (Lipinski definition) is 4. The summed E-state index contributed by atoms with van der Waals surface area (Å²) in [5.41, 5.74) is 5.49. The van der Waals surface area contributed by atoms with Crippen LogP contribution in [-0.4, -0.2) is 53.9 Å². The first-order chi connectivity index (χ1) is 6.24. The number of ether oxygens (including phenoxy) is 1. The maximum atomic E-state index is 8.66. The largest absolute Gasteiger partial charge is 0.396 e. The fraction of sp³-hybridized carbons (Fsp3) is 0.875. The van der Waals surface area contributed by atoms with E-state index in [0.717, 1.165) is 26.1 Å². The molecule has 1 aliphatic rings. The fourth-order valence-corrected chi connectivity index (χ4v) is 1.51. The molecule has 5 heteroatoms. The highest BCUT2D eigenvalue weighted by Crippen LogP contribution is 2.05. The van der Waals surface area contributed by atoms with Gasteiger partial charge in [-0.05, 0) is 6.42 Å². The van der Waals surface area contributed by atoms with Crippen LogP contribution in [0.15, 0.2) is 0 Å². The summed E-state index contributed by atoms with van der Waals surface area (Å²) in [4.78, 5) is 2.64. The average Bonchev–Trinajstić information content (AvgIpc) is 2.15. The molecule has 1 atom stereocenters. The lowest BCUT2D eigenvalue weighted by molar-refractivity contribution is 0.00539. The molecule has 1 aliphatic heterocycles. The van der Waals surface area contributed by atoms with E-state index in [9.17, 15) is 0 Å². The average molecular weight is 204 g/mol. The van der Waals surface area contributed by atoms with E-state index in [2.05, 4.69) is 4.90 Å². The van der Waals surface area contributed by atoms with Crippen LogP contribution in [0.25, 0.3) is 0 Å². The fourth-order valence-electron chi connectivity index (χ4n) is 1.37. The van der Waals surface area contributed by atoms with Crippen molar-refractivity contribution in [2.24, 2.45) is 5.73 Å². The van der Waals surface area contributed by atoms with Crippen molar-refractivity contribution in [3.63, 3.8) is 0 Å². The lowest BCUT2D eigenvalue weighted by atomic mass is 10.2. The summed E-state index contributed by atoms with van der Waals surface area (Å²) in [6.45, 7) is 3.45. The molecule has 0 spiro atoms. The SMILES string of the molecule is NC(=S)C1CN(CCCO)CCO1. The zero-order chi connectivity index (χ0) is 9.68. The van der Waals surface area contributed by atoms with Gasteiger partial charge in [-0.2, -0.15) is 0 Å². The molecule has 1 fully saturated rings. The number of nitrogens with zero attached hydrogens (tertiary/aromatic N) is 1. The first-order valence-corrected chi connectivity index (χ1v) is 4.89. The molecule has 0 bridgehead atoms. The molecular weight excluding hydrogens is 188 g/mol. The number of rotatable bonds is 4. The van der Waals surface area contributed by atoms with Gasteiger partial charge in [0.05, 0.1) is 6.61 Å². The Morgan fingerprint density at radius 2 is 2.46 bits per heavy atom. The second-order valence-electron chi connectivity index (χ2n) is 3.14. The molecule has 3 N–H and O–H groups in total. The Hall–Kier alpha value is -0.230. The van der Waals surface area contributed by atoms with Crippen molar-refractivity contribution in [3.8, 4) is 0 Å². The van der Waals surface area contributed by atoms with Gasteiger partial charge in [-0.25, -0.2) is 0 Å². The predicted molar refractivity (Wildman–Crippen MR) is 54.7 cm³/mol. The zero-order valence-electron chi connectivity index (χ0n) is 7.61. The number of aliphatic hydroxyl groups excluding tert-OH is 1. The van der Waals surface area contributed by atoms with Crippen LogP contribution >= 0.6 is 12.2 Å². The third-order valence-electron chi connectivity index (χ3n) is 2.10. The summed E-state index contributed by atoms with van der Waals surface area (Å²) in [7, 11) is 0. The first kappa shape index (κ1) is 10.8. The quantitative estimate of drug-likeness (QED) is 0.596. The summed E-state index contributed by atoms with van der Waals surface area (Å²) >= 11 is 4.86. The minimum Gasteiger partial charge on any atom is -0.396 e. The number of nitrogens with two attached hydrogens (primary N) is 1. The smallest absolute Gasteiger partial charge is 0.120 e. The van der Waals surface area contributed by atoms with Crippen LogP contribution in [0.4, 0.5) is 0 Å². The van der Waals surface area contributed by atoms with Gasteiger partial charge >= 0.3 is 0 Å². The van der Waals surface area contributed by atoms with Gasteiger partial charge in [-0.3, -0.25) is 4.90 Å². The summed E-state index contributed by atoms with van der Waals surface area (Å²) < 4.78 is 5.38. The van der Waals surface area contributed by atoms with Crippen molar-refractivity contribution in [1.82, 2.24) is 4.90 Å². The van der Waals surface area contributed by atoms with Gasteiger partial charge in [0, 0.05) is 26.2 Å². The van der Waals surface area contributed by atoms with E-state index in [4.69, 9.17) is 27.8 Å². The van der Waals surface area contributed by atoms with E-state index in [0.29, 0.717) is 11.6 Å². The van der Waals surface area contributed by atoms with Crippen LogP contribution in [0.3, 0.4) is 0 Å². The second kappa shape index (κ2) is 5.49. The Bertz CT molecular complexity index is 178. The topological polar surface area (TPSA) is 58.7 Å². The molecule has 1 unspecified atom stereocenters. The lowest BCUT2D eigenvalue weighted by Gasteiger charge is -2.32. The molecule has 0 aromatic carbocycles. The van der Waals surface area contributed by atoms with Gasteiger partial charge in [-0.15, -0.1) is 0 Å². The number of hydrogen-bond donors (Lipinski definition) is 2. The second-order valence-corrected chi connectivity index (χ2v) is 3.61. The molecule has 0 aromatic heterocycles. The van der Waals surface area contributed by atoms with Gasteiger partial charge in [0.25, 0.3) is 0 Å². The van der Waals surface area contributed by atoms with Gasteiger partial charge in [0.15, 0.2) is 0 Å². The molecule has 0 saturated carbocycles. The Balaban J connectivity index is 2.29. The van der Waals surface area contributed by atoms with E-state index < -0.39 is 0 Å². The summed E-state index contributed by atoms with van der Waals surface area (Å²) in [5, 5.41) is 8.66. The van der Waals surface area contributed by atoms with Gasteiger partial charge < -0.3 is 15.6 Å². The van der Waals surface area contributed by atoms with Gasteiger partial charge in [0.2, 0.25) is 0 Å². The minimum atomic E-state index is -0.109. The molecular formula is C8H16N2O2S. The highest BCUT2D eigenvalue weighted by atomic mass is 32.1. The number of aliphatic hydroxyl groups is 1. The molecule has 1 saturated heterocycles. The predicted octanol–water partition coefficient (Wildman–Crippen LogP) is -0.644. The first-order valence-electron chi connectivity index (χ1n) is 4.48.